The van der Waals surface area contributed by atoms with E-state index in [1.54, 1.807) is 12.1 Å². The fourth-order valence-corrected chi connectivity index (χ4v) is 4.22. The molecule has 0 bridgehead atoms. The Morgan fingerprint density at radius 3 is 2.28 bits per heavy atom. The van der Waals surface area contributed by atoms with Crippen molar-refractivity contribution in [3.63, 3.8) is 0 Å². The van der Waals surface area contributed by atoms with Crippen LogP contribution in [-0.2, 0) is 4.79 Å². The van der Waals surface area contributed by atoms with Crippen LogP contribution in [0.25, 0.3) is 0 Å². The Labute approximate surface area is 174 Å². The largest absolute Gasteiger partial charge is 0.371 e. The van der Waals surface area contributed by atoms with Crippen molar-refractivity contribution in [3.05, 3.63) is 58.9 Å². The van der Waals surface area contributed by atoms with E-state index in [2.05, 4.69) is 57.0 Å². The molecule has 0 saturated carbocycles. The molecular formula is C25H33FN2O. The number of aryl methyl sites for hydroxylation is 2. The summed E-state index contributed by atoms with van der Waals surface area (Å²) in [6.45, 7) is 12.2. The number of nitrogens with one attached hydrogen (secondary N) is 1. The number of benzene rings is 2. The predicted molar refractivity (Wildman–Crippen MR) is 119 cm³/mol. The number of hydrogen-bond acceptors (Lipinski definition) is 2. The molecule has 1 amide bonds. The standard InChI is InChI=1S/C25H33FN2O/c1-17-13-22(14-18(2)24(17)27-23(29)16-25(3,4)5)28-11-9-19(10-12-28)20-7-6-8-21(26)15-20/h6-8,13-15,19H,9-12,16H2,1-5H3,(H,27,29). The van der Waals surface area contributed by atoms with Crippen molar-refractivity contribution >= 4 is 17.3 Å². The Hall–Kier alpha value is -2.36. The summed E-state index contributed by atoms with van der Waals surface area (Å²) in [4.78, 5) is 14.8. The van der Waals surface area contributed by atoms with Gasteiger partial charge in [0.2, 0.25) is 5.91 Å². The minimum Gasteiger partial charge on any atom is -0.371 e. The van der Waals surface area contributed by atoms with Gasteiger partial charge in [0.15, 0.2) is 0 Å². The van der Waals surface area contributed by atoms with E-state index in [0.29, 0.717) is 12.3 Å². The molecule has 0 aromatic heterocycles. The van der Waals surface area contributed by atoms with E-state index in [1.165, 1.54) is 11.8 Å². The summed E-state index contributed by atoms with van der Waals surface area (Å²) in [7, 11) is 0. The first kappa shape index (κ1) is 21.4. The average molecular weight is 397 g/mol. The lowest BCUT2D eigenvalue weighted by molar-refractivity contribution is -0.117. The first-order valence-electron chi connectivity index (χ1n) is 10.5. The van der Waals surface area contributed by atoms with E-state index in [1.807, 2.05) is 6.07 Å². The minimum atomic E-state index is -0.153. The number of halogens is 1. The molecule has 1 heterocycles. The highest BCUT2D eigenvalue weighted by Gasteiger charge is 2.22. The van der Waals surface area contributed by atoms with Gasteiger partial charge in [-0.1, -0.05) is 32.9 Å². The Bertz CT molecular complexity index is 854. The Balaban J connectivity index is 1.67. The monoisotopic (exact) mass is 396 g/mol. The second-order valence-corrected chi connectivity index (χ2v) is 9.56. The molecule has 3 nitrogen and oxygen atoms in total. The first-order valence-corrected chi connectivity index (χ1v) is 10.5. The van der Waals surface area contributed by atoms with Gasteiger partial charge in [0, 0.05) is 30.9 Å². The summed E-state index contributed by atoms with van der Waals surface area (Å²) in [5.74, 6) is 0.327. The highest BCUT2D eigenvalue weighted by molar-refractivity contribution is 5.93. The molecule has 2 aromatic rings. The summed E-state index contributed by atoms with van der Waals surface area (Å²) in [5.41, 5.74) is 5.39. The topological polar surface area (TPSA) is 32.3 Å². The number of anilines is 2. The van der Waals surface area contributed by atoms with Gasteiger partial charge in [-0.25, -0.2) is 4.39 Å². The molecule has 0 unspecified atom stereocenters. The number of hydrogen-bond donors (Lipinski definition) is 1. The molecule has 1 saturated heterocycles. The van der Waals surface area contributed by atoms with Crippen molar-refractivity contribution in [1.82, 2.24) is 0 Å². The van der Waals surface area contributed by atoms with Crippen LogP contribution in [0.3, 0.4) is 0 Å². The lowest BCUT2D eigenvalue weighted by atomic mass is 9.89. The molecule has 1 aliphatic rings. The zero-order valence-corrected chi connectivity index (χ0v) is 18.3. The zero-order valence-electron chi connectivity index (χ0n) is 18.3. The van der Waals surface area contributed by atoms with Crippen molar-refractivity contribution < 1.29 is 9.18 Å². The molecule has 2 aromatic carbocycles. The second kappa shape index (κ2) is 8.56. The van der Waals surface area contributed by atoms with E-state index in [-0.39, 0.29) is 17.1 Å². The van der Waals surface area contributed by atoms with Crippen LogP contribution in [0.1, 0.15) is 62.6 Å². The lowest BCUT2D eigenvalue weighted by Gasteiger charge is -2.34. The number of carbonyl (C=O) groups excluding carboxylic acids is 1. The van der Waals surface area contributed by atoms with Crippen molar-refractivity contribution in [2.75, 3.05) is 23.3 Å². The molecule has 0 atom stereocenters. The molecule has 0 radical (unpaired) electrons. The maximum atomic E-state index is 13.5. The van der Waals surface area contributed by atoms with Gasteiger partial charge < -0.3 is 10.2 Å². The molecule has 4 heteroatoms. The average Bonchev–Trinajstić information content (AvgIpc) is 2.63. The summed E-state index contributed by atoms with van der Waals surface area (Å²) in [6, 6.07) is 11.4. The van der Waals surface area contributed by atoms with Crippen LogP contribution < -0.4 is 10.2 Å². The Morgan fingerprint density at radius 1 is 1.10 bits per heavy atom. The minimum absolute atomic E-state index is 0.0299. The van der Waals surface area contributed by atoms with Gasteiger partial charge in [0.25, 0.3) is 0 Å². The maximum absolute atomic E-state index is 13.5. The molecule has 1 N–H and O–H groups in total. The fourth-order valence-electron chi connectivity index (χ4n) is 4.22. The van der Waals surface area contributed by atoms with Crippen LogP contribution in [-0.4, -0.2) is 19.0 Å². The zero-order chi connectivity index (χ0) is 21.2. The van der Waals surface area contributed by atoms with Crippen LogP contribution in [0, 0.1) is 25.1 Å². The molecule has 1 aliphatic heterocycles. The summed E-state index contributed by atoms with van der Waals surface area (Å²) < 4.78 is 13.5. The molecule has 3 rings (SSSR count). The van der Waals surface area contributed by atoms with Crippen molar-refractivity contribution in [1.29, 1.82) is 0 Å². The molecule has 156 valence electrons. The first-order chi connectivity index (χ1) is 13.6. The maximum Gasteiger partial charge on any atom is 0.224 e. The Kier molecular flexibility index (Phi) is 6.30. The third-order valence-electron chi connectivity index (χ3n) is 5.65. The van der Waals surface area contributed by atoms with E-state index < -0.39 is 0 Å². The van der Waals surface area contributed by atoms with Crippen molar-refractivity contribution in [2.45, 2.75) is 59.8 Å². The fraction of sp³-hybridized carbons (Fsp3) is 0.480. The smallest absolute Gasteiger partial charge is 0.224 e. The normalized spacial score (nSPS) is 15.4. The van der Waals surface area contributed by atoms with E-state index in [0.717, 1.165) is 48.3 Å². The van der Waals surface area contributed by atoms with Crippen LogP contribution in [0.4, 0.5) is 15.8 Å². The molecule has 1 fully saturated rings. The van der Waals surface area contributed by atoms with Gasteiger partial charge in [0.05, 0.1) is 0 Å². The molecule has 0 spiro atoms. The van der Waals surface area contributed by atoms with Gasteiger partial charge in [-0.15, -0.1) is 0 Å². The van der Waals surface area contributed by atoms with Gasteiger partial charge >= 0.3 is 0 Å². The predicted octanol–water partition coefficient (Wildman–Crippen LogP) is 6.20. The molecule has 29 heavy (non-hydrogen) atoms. The molecular weight excluding hydrogens is 363 g/mol. The van der Waals surface area contributed by atoms with Crippen LogP contribution in [0.15, 0.2) is 36.4 Å². The van der Waals surface area contributed by atoms with Gasteiger partial charge in [-0.3, -0.25) is 4.79 Å². The van der Waals surface area contributed by atoms with Gasteiger partial charge in [0.1, 0.15) is 5.82 Å². The SMILES string of the molecule is Cc1cc(N2CCC(c3cccc(F)c3)CC2)cc(C)c1NC(=O)CC(C)(C)C. The number of piperidine rings is 1. The second-order valence-electron chi connectivity index (χ2n) is 9.56. The number of rotatable bonds is 4. The van der Waals surface area contributed by atoms with E-state index in [9.17, 15) is 9.18 Å². The van der Waals surface area contributed by atoms with Gasteiger partial charge in [-0.2, -0.15) is 0 Å². The van der Waals surface area contributed by atoms with Crippen LogP contribution in [0.2, 0.25) is 0 Å². The van der Waals surface area contributed by atoms with Crippen molar-refractivity contribution in [2.24, 2.45) is 5.41 Å². The third-order valence-corrected chi connectivity index (χ3v) is 5.65. The molecule has 0 aliphatic carbocycles. The number of nitrogens with zero attached hydrogens (tertiary/aromatic N) is 1. The van der Waals surface area contributed by atoms with E-state index in [4.69, 9.17) is 0 Å². The van der Waals surface area contributed by atoms with E-state index >= 15 is 0 Å². The van der Waals surface area contributed by atoms with Crippen molar-refractivity contribution in [3.8, 4) is 0 Å². The highest BCUT2D eigenvalue weighted by Crippen LogP contribution is 2.33. The van der Waals surface area contributed by atoms with Gasteiger partial charge in [-0.05, 0) is 79.0 Å². The summed E-state index contributed by atoms with van der Waals surface area (Å²) in [5, 5.41) is 3.11. The van der Waals surface area contributed by atoms with Crippen LogP contribution in [0.5, 0.6) is 0 Å². The Morgan fingerprint density at radius 2 is 1.72 bits per heavy atom. The summed E-state index contributed by atoms with van der Waals surface area (Å²) >= 11 is 0. The third kappa shape index (κ3) is 5.59. The lowest BCUT2D eigenvalue weighted by Crippen LogP contribution is -2.33. The number of amides is 1. The summed E-state index contributed by atoms with van der Waals surface area (Å²) in [6.07, 6.45) is 2.54. The quantitative estimate of drug-likeness (QED) is 0.667. The highest BCUT2D eigenvalue weighted by atomic mass is 19.1. The van der Waals surface area contributed by atoms with Crippen LogP contribution >= 0.6 is 0 Å². The number of carbonyl (C=O) groups is 1.